The molecule has 0 atom stereocenters. The van der Waals surface area contributed by atoms with Gasteiger partial charge in [0.1, 0.15) is 12.4 Å². The van der Waals surface area contributed by atoms with Crippen molar-refractivity contribution in [1.82, 2.24) is 0 Å². The Hall–Kier alpha value is -1.55. The number of ether oxygens (including phenoxy) is 1. The van der Waals surface area contributed by atoms with Crippen LogP contribution in [0.5, 0.6) is 5.75 Å². The summed E-state index contributed by atoms with van der Waals surface area (Å²) in [5.74, 6) is 0.725. The van der Waals surface area contributed by atoms with Crippen molar-refractivity contribution in [3.8, 4) is 5.75 Å². The number of benzene rings is 1. The predicted octanol–water partition coefficient (Wildman–Crippen LogP) is 0.519. The number of rotatable bonds is 3. The maximum absolute atomic E-state index is 11.1. The minimum absolute atomic E-state index is 0.0174. The first kappa shape index (κ1) is 9.02. The molecule has 1 aliphatic rings. The molecule has 0 aromatic heterocycles. The summed E-state index contributed by atoms with van der Waals surface area (Å²) in [5.41, 5.74) is 7.12. The number of amides is 1. The quantitative estimate of drug-likeness (QED) is 0.733. The van der Waals surface area contributed by atoms with Gasteiger partial charge in [0.15, 0.2) is 0 Å². The highest BCUT2D eigenvalue weighted by Gasteiger charge is 2.20. The summed E-state index contributed by atoms with van der Waals surface area (Å²) in [6, 6.07) is 5.63. The third kappa shape index (κ3) is 1.56. The zero-order valence-corrected chi connectivity index (χ0v) is 7.75. The molecule has 0 saturated carbocycles. The van der Waals surface area contributed by atoms with E-state index < -0.39 is 0 Å². The van der Waals surface area contributed by atoms with Gasteiger partial charge >= 0.3 is 0 Å². The Labute approximate surface area is 82.1 Å². The van der Waals surface area contributed by atoms with Gasteiger partial charge < -0.3 is 15.8 Å². The summed E-state index contributed by atoms with van der Waals surface area (Å²) in [4.78, 5) is 11.1. The number of hydrogen-bond donors (Lipinski definition) is 2. The van der Waals surface area contributed by atoms with Crippen molar-refractivity contribution >= 4 is 11.6 Å². The Bertz CT molecular complexity index is 363. The van der Waals surface area contributed by atoms with Crippen molar-refractivity contribution in [2.24, 2.45) is 5.73 Å². The maximum Gasteiger partial charge on any atom is 0.228 e. The summed E-state index contributed by atoms with van der Waals surface area (Å²) in [7, 11) is 0. The lowest BCUT2D eigenvalue weighted by Gasteiger charge is -2.08. The second-order valence-corrected chi connectivity index (χ2v) is 3.15. The molecule has 0 radical (unpaired) electrons. The first-order valence-electron chi connectivity index (χ1n) is 4.56. The van der Waals surface area contributed by atoms with Crippen molar-refractivity contribution in [3.05, 3.63) is 23.8 Å². The molecule has 1 heterocycles. The fourth-order valence-corrected chi connectivity index (χ4v) is 1.51. The van der Waals surface area contributed by atoms with E-state index in [0.717, 1.165) is 11.3 Å². The number of para-hydroxylation sites is 1. The topological polar surface area (TPSA) is 64.3 Å². The third-order valence-electron chi connectivity index (χ3n) is 2.10. The number of carbonyl (C=O) groups excluding carboxylic acids is 1. The molecule has 0 spiro atoms. The Morgan fingerprint density at radius 3 is 3.14 bits per heavy atom. The van der Waals surface area contributed by atoms with Gasteiger partial charge in [-0.2, -0.15) is 0 Å². The van der Waals surface area contributed by atoms with Gasteiger partial charge in [-0.1, -0.05) is 12.1 Å². The number of anilines is 1. The maximum atomic E-state index is 11.1. The van der Waals surface area contributed by atoms with E-state index in [9.17, 15) is 4.79 Å². The average molecular weight is 192 g/mol. The zero-order valence-electron chi connectivity index (χ0n) is 7.75. The molecule has 2 rings (SSSR count). The molecule has 1 aliphatic heterocycles. The lowest BCUT2D eigenvalue weighted by Crippen LogP contribution is -2.11. The number of carbonyl (C=O) groups is 1. The Balaban J connectivity index is 2.25. The summed E-state index contributed by atoms with van der Waals surface area (Å²) in [6.07, 6.45) is 0.440. The highest BCUT2D eigenvalue weighted by Crippen LogP contribution is 2.32. The fraction of sp³-hybridized carbons (Fsp3) is 0.300. The van der Waals surface area contributed by atoms with Gasteiger partial charge in [0.25, 0.3) is 0 Å². The van der Waals surface area contributed by atoms with Crippen LogP contribution in [-0.4, -0.2) is 19.1 Å². The SMILES string of the molecule is NCCOc1cccc2c1NC(=O)C2. The molecule has 0 saturated heterocycles. The predicted molar refractivity (Wildman–Crippen MR) is 53.3 cm³/mol. The standard InChI is InChI=1S/C10H12N2O2/c11-4-5-14-8-3-1-2-7-6-9(13)12-10(7)8/h1-3H,4-6,11H2,(H,12,13). The largest absolute Gasteiger partial charge is 0.490 e. The molecule has 0 aliphatic carbocycles. The van der Waals surface area contributed by atoms with Gasteiger partial charge in [0.05, 0.1) is 12.1 Å². The van der Waals surface area contributed by atoms with E-state index in [1.54, 1.807) is 0 Å². The normalized spacial score (nSPS) is 13.6. The molecule has 3 N–H and O–H groups in total. The number of hydrogen-bond acceptors (Lipinski definition) is 3. The summed E-state index contributed by atoms with van der Waals surface area (Å²) < 4.78 is 5.41. The van der Waals surface area contributed by atoms with Gasteiger partial charge in [-0.3, -0.25) is 4.79 Å². The van der Waals surface area contributed by atoms with Crippen LogP contribution in [0, 0.1) is 0 Å². The summed E-state index contributed by atoms with van der Waals surface area (Å²) >= 11 is 0. The van der Waals surface area contributed by atoms with Crippen LogP contribution in [0.15, 0.2) is 18.2 Å². The van der Waals surface area contributed by atoms with E-state index in [-0.39, 0.29) is 5.91 Å². The van der Waals surface area contributed by atoms with Gasteiger partial charge in [0, 0.05) is 6.54 Å². The van der Waals surface area contributed by atoms with Gasteiger partial charge in [0.2, 0.25) is 5.91 Å². The molecule has 4 nitrogen and oxygen atoms in total. The van der Waals surface area contributed by atoms with Gasteiger partial charge in [-0.25, -0.2) is 0 Å². The molecule has 74 valence electrons. The van der Waals surface area contributed by atoms with Crippen molar-refractivity contribution in [1.29, 1.82) is 0 Å². The average Bonchev–Trinajstić information content (AvgIpc) is 2.55. The molecule has 0 unspecified atom stereocenters. The van der Waals surface area contributed by atoms with E-state index >= 15 is 0 Å². The van der Waals surface area contributed by atoms with Crippen LogP contribution in [0.3, 0.4) is 0 Å². The highest BCUT2D eigenvalue weighted by atomic mass is 16.5. The minimum atomic E-state index is 0.0174. The molecule has 14 heavy (non-hydrogen) atoms. The van der Waals surface area contributed by atoms with Crippen LogP contribution in [0.1, 0.15) is 5.56 Å². The van der Waals surface area contributed by atoms with Crippen molar-refractivity contribution < 1.29 is 9.53 Å². The molecule has 1 aromatic rings. The lowest BCUT2D eigenvalue weighted by atomic mass is 10.1. The third-order valence-corrected chi connectivity index (χ3v) is 2.10. The molecule has 1 aromatic carbocycles. The van der Waals surface area contributed by atoms with Gasteiger partial charge in [-0.05, 0) is 11.6 Å². The molecule has 1 amide bonds. The van der Waals surface area contributed by atoms with Crippen molar-refractivity contribution in [2.45, 2.75) is 6.42 Å². The fourth-order valence-electron chi connectivity index (χ4n) is 1.51. The zero-order chi connectivity index (χ0) is 9.97. The van der Waals surface area contributed by atoms with Crippen LogP contribution in [0.4, 0.5) is 5.69 Å². The van der Waals surface area contributed by atoms with E-state index in [4.69, 9.17) is 10.5 Å². The summed E-state index contributed by atoms with van der Waals surface area (Å²) in [5, 5.41) is 2.77. The molecular formula is C10H12N2O2. The lowest BCUT2D eigenvalue weighted by molar-refractivity contribution is -0.115. The molecule has 0 bridgehead atoms. The van der Waals surface area contributed by atoms with Gasteiger partial charge in [-0.15, -0.1) is 0 Å². The number of nitrogens with two attached hydrogens (primary N) is 1. The minimum Gasteiger partial charge on any atom is -0.490 e. The Kier molecular flexibility index (Phi) is 2.37. The van der Waals surface area contributed by atoms with Crippen LogP contribution >= 0.6 is 0 Å². The first-order chi connectivity index (χ1) is 6.81. The second-order valence-electron chi connectivity index (χ2n) is 3.15. The Morgan fingerprint density at radius 2 is 2.36 bits per heavy atom. The van der Waals surface area contributed by atoms with E-state index in [1.807, 2.05) is 18.2 Å². The van der Waals surface area contributed by atoms with Crippen LogP contribution in [0.2, 0.25) is 0 Å². The number of nitrogens with one attached hydrogen (secondary N) is 1. The van der Waals surface area contributed by atoms with Crippen LogP contribution in [-0.2, 0) is 11.2 Å². The van der Waals surface area contributed by atoms with Crippen LogP contribution < -0.4 is 15.8 Å². The number of fused-ring (bicyclic) bond motifs is 1. The van der Waals surface area contributed by atoms with E-state index in [1.165, 1.54) is 0 Å². The Morgan fingerprint density at radius 1 is 1.50 bits per heavy atom. The highest BCUT2D eigenvalue weighted by molar-refractivity contribution is 6.00. The molecule has 4 heteroatoms. The first-order valence-corrected chi connectivity index (χ1v) is 4.56. The van der Waals surface area contributed by atoms with Crippen molar-refractivity contribution in [2.75, 3.05) is 18.5 Å². The smallest absolute Gasteiger partial charge is 0.228 e. The monoisotopic (exact) mass is 192 g/mol. The van der Waals surface area contributed by atoms with Crippen molar-refractivity contribution in [3.63, 3.8) is 0 Å². The second kappa shape index (κ2) is 3.67. The van der Waals surface area contributed by atoms with E-state index in [0.29, 0.717) is 25.3 Å². The summed E-state index contributed by atoms with van der Waals surface area (Å²) in [6.45, 7) is 0.934. The van der Waals surface area contributed by atoms with E-state index in [2.05, 4.69) is 5.32 Å². The molecule has 0 fully saturated rings. The van der Waals surface area contributed by atoms with Crippen LogP contribution in [0.25, 0.3) is 0 Å². The molecular weight excluding hydrogens is 180 g/mol.